The van der Waals surface area contributed by atoms with Crippen molar-refractivity contribution >= 4 is 35.3 Å². The first-order valence-corrected chi connectivity index (χ1v) is 15.7. The quantitative estimate of drug-likeness (QED) is 0.397. The molecule has 0 spiro atoms. The lowest BCUT2D eigenvalue weighted by molar-refractivity contribution is -0.128. The number of nitrogens with zero attached hydrogens (tertiary/aromatic N) is 3. The molecule has 3 saturated heterocycles. The van der Waals surface area contributed by atoms with Gasteiger partial charge in [-0.05, 0) is 76.3 Å². The molecule has 43 heavy (non-hydrogen) atoms. The molecule has 6 rings (SSSR count). The Morgan fingerprint density at radius 2 is 1.86 bits per heavy atom. The summed E-state index contributed by atoms with van der Waals surface area (Å²) in [6, 6.07) is 16.7. The van der Waals surface area contributed by atoms with Gasteiger partial charge in [-0.1, -0.05) is 36.0 Å². The molecule has 4 aliphatic heterocycles. The number of anilines is 1. The number of hydrogen-bond donors (Lipinski definition) is 3. The van der Waals surface area contributed by atoms with Crippen LogP contribution in [0, 0.1) is 5.92 Å². The van der Waals surface area contributed by atoms with Crippen molar-refractivity contribution < 1.29 is 19.1 Å². The maximum atomic E-state index is 13.6. The van der Waals surface area contributed by atoms with Gasteiger partial charge in [0.05, 0.1) is 16.3 Å². The molecule has 226 valence electrons. The van der Waals surface area contributed by atoms with Crippen molar-refractivity contribution in [2.24, 2.45) is 5.92 Å². The highest BCUT2D eigenvalue weighted by atomic mass is 32.2. The molecule has 2 aromatic rings. The SMILES string of the molecule is CN(C)C/C=C/C(=O)N1CCC[C@@H](NC(=O)C2=C3NC(=O)N(c4ccc(Oc5ccccc5)cc4)C4CCNC(S2)C34)C1. The minimum Gasteiger partial charge on any atom is -0.457 e. The zero-order valence-electron chi connectivity index (χ0n) is 24.5. The molecular formula is C32H38N6O4S. The molecule has 10 nitrogen and oxygen atoms in total. The Morgan fingerprint density at radius 1 is 1.09 bits per heavy atom. The highest BCUT2D eigenvalue weighted by molar-refractivity contribution is 8.04. The zero-order valence-corrected chi connectivity index (χ0v) is 25.3. The van der Waals surface area contributed by atoms with Crippen LogP contribution in [-0.2, 0) is 9.59 Å². The molecular weight excluding hydrogens is 564 g/mol. The lowest BCUT2D eigenvalue weighted by Gasteiger charge is -2.45. The summed E-state index contributed by atoms with van der Waals surface area (Å²) in [6.45, 7) is 2.60. The van der Waals surface area contributed by atoms with Crippen molar-refractivity contribution in [1.29, 1.82) is 0 Å². The molecule has 4 aliphatic rings. The molecule has 0 aromatic heterocycles. The maximum absolute atomic E-state index is 13.6. The fourth-order valence-electron chi connectivity index (χ4n) is 6.24. The lowest BCUT2D eigenvalue weighted by atomic mass is 9.86. The van der Waals surface area contributed by atoms with Gasteiger partial charge in [0.1, 0.15) is 11.5 Å². The van der Waals surface area contributed by atoms with Gasteiger partial charge in [-0.25, -0.2) is 4.79 Å². The topological polar surface area (TPSA) is 106 Å². The molecule has 3 fully saturated rings. The minimum atomic E-state index is -0.236. The van der Waals surface area contributed by atoms with Crippen molar-refractivity contribution in [3.8, 4) is 11.5 Å². The Morgan fingerprint density at radius 3 is 2.63 bits per heavy atom. The van der Waals surface area contributed by atoms with Crippen LogP contribution >= 0.6 is 11.8 Å². The van der Waals surface area contributed by atoms with E-state index in [1.807, 2.05) is 84.6 Å². The van der Waals surface area contributed by atoms with E-state index in [-0.39, 0.29) is 41.2 Å². The smallest absolute Gasteiger partial charge is 0.326 e. The van der Waals surface area contributed by atoms with E-state index in [2.05, 4.69) is 16.0 Å². The van der Waals surface area contributed by atoms with Crippen LogP contribution in [0.15, 0.2) is 77.4 Å². The fraction of sp³-hybridized carbons (Fsp3) is 0.406. The molecule has 0 aliphatic carbocycles. The predicted octanol–water partition coefficient (Wildman–Crippen LogP) is 3.50. The first-order valence-electron chi connectivity index (χ1n) is 14.9. The van der Waals surface area contributed by atoms with Gasteiger partial charge >= 0.3 is 6.03 Å². The van der Waals surface area contributed by atoms with Gasteiger partial charge in [-0.3, -0.25) is 14.5 Å². The van der Waals surface area contributed by atoms with E-state index in [1.54, 1.807) is 11.0 Å². The Labute approximate surface area is 256 Å². The number of carbonyl (C=O) groups is 3. The monoisotopic (exact) mass is 602 g/mol. The summed E-state index contributed by atoms with van der Waals surface area (Å²) < 4.78 is 5.94. The van der Waals surface area contributed by atoms with Gasteiger partial charge in [0.2, 0.25) is 5.91 Å². The summed E-state index contributed by atoms with van der Waals surface area (Å²) in [6.07, 6.45) is 5.89. The fourth-order valence-corrected chi connectivity index (χ4v) is 7.64. The maximum Gasteiger partial charge on any atom is 0.326 e. The Bertz CT molecular complexity index is 1410. The number of piperidine rings is 2. The summed E-state index contributed by atoms with van der Waals surface area (Å²) in [5.41, 5.74) is 1.49. The molecule has 4 atom stereocenters. The van der Waals surface area contributed by atoms with Crippen LogP contribution in [0.5, 0.6) is 11.5 Å². The Balaban J connectivity index is 1.14. The predicted molar refractivity (Wildman–Crippen MR) is 168 cm³/mol. The largest absolute Gasteiger partial charge is 0.457 e. The summed E-state index contributed by atoms with van der Waals surface area (Å²) in [7, 11) is 3.91. The number of nitrogens with one attached hydrogen (secondary N) is 3. The number of likely N-dealkylation sites (tertiary alicyclic amines) is 1. The van der Waals surface area contributed by atoms with E-state index in [0.29, 0.717) is 36.0 Å². The average Bonchev–Trinajstić information content (AvgIpc) is 3.38. The van der Waals surface area contributed by atoms with Gasteiger partial charge < -0.3 is 30.5 Å². The second-order valence-corrected chi connectivity index (χ2v) is 12.7. The standard InChI is InChI=1S/C32H38N6O4S/c1-36(2)18-7-11-26(39)37-19-6-8-21(20-37)34-30(40)29-28-27-25(16-17-33-31(27)43-29)38(32(41)35-28)22-12-14-24(15-13-22)42-23-9-4-3-5-10-23/h3-5,7,9-15,21,25,27,31,33H,6,8,16-20H2,1-2H3,(H,34,40)(H,35,41)/b11-7+/t21-,25?,27?,31?/m1/s1. The second-order valence-electron chi connectivity index (χ2n) is 11.6. The van der Waals surface area contributed by atoms with Crippen LogP contribution in [0.2, 0.25) is 0 Å². The highest BCUT2D eigenvalue weighted by Crippen LogP contribution is 2.48. The van der Waals surface area contributed by atoms with Crippen molar-refractivity contribution in [1.82, 2.24) is 25.8 Å². The number of para-hydroxylation sites is 1. The van der Waals surface area contributed by atoms with E-state index >= 15 is 0 Å². The van der Waals surface area contributed by atoms with E-state index < -0.39 is 0 Å². The first kappa shape index (κ1) is 29.3. The molecule has 3 N–H and O–H groups in total. The van der Waals surface area contributed by atoms with Gasteiger partial charge in [0.25, 0.3) is 5.91 Å². The van der Waals surface area contributed by atoms with Crippen LogP contribution in [-0.4, -0.2) is 85.4 Å². The van der Waals surface area contributed by atoms with E-state index in [9.17, 15) is 14.4 Å². The van der Waals surface area contributed by atoms with Crippen LogP contribution in [0.1, 0.15) is 19.3 Å². The normalized spacial score (nSPS) is 25.1. The number of amides is 4. The summed E-state index contributed by atoms with van der Waals surface area (Å²) in [5.74, 6) is 1.19. The number of likely N-dealkylation sites (N-methyl/N-ethyl adjacent to an activating group) is 1. The molecule has 2 aromatic carbocycles. The minimum absolute atomic E-state index is 0.00967. The first-order chi connectivity index (χ1) is 20.9. The van der Waals surface area contributed by atoms with E-state index in [4.69, 9.17) is 4.74 Å². The number of hydrogen-bond acceptors (Lipinski definition) is 7. The number of thioether (sulfide) groups is 1. The van der Waals surface area contributed by atoms with Crippen LogP contribution in [0.4, 0.5) is 10.5 Å². The molecule has 0 radical (unpaired) electrons. The van der Waals surface area contributed by atoms with Gasteiger partial charge in [-0.2, -0.15) is 0 Å². The van der Waals surface area contributed by atoms with E-state index in [1.165, 1.54) is 11.8 Å². The van der Waals surface area contributed by atoms with Crippen molar-refractivity contribution in [2.75, 3.05) is 45.2 Å². The molecule has 3 unspecified atom stereocenters. The molecule has 4 heterocycles. The third-order valence-electron chi connectivity index (χ3n) is 8.24. The van der Waals surface area contributed by atoms with Crippen molar-refractivity contribution in [2.45, 2.75) is 36.7 Å². The van der Waals surface area contributed by atoms with Gasteiger partial charge in [0.15, 0.2) is 0 Å². The van der Waals surface area contributed by atoms with Crippen molar-refractivity contribution in [3.63, 3.8) is 0 Å². The molecule has 0 saturated carbocycles. The van der Waals surface area contributed by atoms with Crippen LogP contribution < -0.4 is 25.6 Å². The number of ether oxygens (including phenoxy) is 1. The average molecular weight is 603 g/mol. The lowest BCUT2D eigenvalue weighted by Crippen LogP contribution is -2.62. The Hall–Kier alpha value is -3.80. The van der Waals surface area contributed by atoms with Crippen LogP contribution in [0.25, 0.3) is 0 Å². The number of carbonyl (C=O) groups excluding carboxylic acids is 3. The third-order valence-corrected chi connectivity index (χ3v) is 9.60. The number of benzene rings is 2. The summed E-state index contributed by atoms with van der Waals surface area (Å²) >= 11 is 1.49. The second kappa shape index (κ2) is 12.8. The van der Waals surface area contributed by atoms with Crippen molar-refractivity contribution in [3.05, 3.63) is 77.4 Å². The zero-order chi connectivity index (χ0) is 29.9. The summed E-state index contributed by atoms with van der Waals surface area (Å²) in [5, 5.41) is 9.78. The number of rotatable bonds is 8. The number of urea groups is 1. The molecule has 0 bridgehead atoms. The van der Waals surface area contributed by atoms with Gasteiger partial charge in [0, 0.05) is 49.1 Å². The van der Waals surface area contributed by atoms with E-state index in [0.717, 1.165) is 37.2 Å². The molecule has 4 amide bonds. The van der Waals surface area contributed by atoms with Crippen LogP contribution in [0.3, 0.4) is 0 Å². The Kier molecular flexibility index (Phi) is 8.73. The summed E-state index contributed by atoms with van der Waals surface area (Å²) in [4.78, 5) is 46.0. The molecule has 11 heteroatoms. The highest BCUT2D eigenvalue weighted by Gasteiger charge is 2.51. The third kappa shape index (κ3) is 6.43. The van der Waals surface area contributed by atoms with Gasteiger partial charge in [-0.15, -0.1) is 0 Å².